The van der Waals surface area contributed by atoms with E-state index in [9.17, 15) is 13.2 Å². The largest absolute Gasteiger partial charge is 0.469 e. The maximum atomic E-state index is 10.9. The summed E-state index contributed by atoms with van der Waals surface area (Å²) in [5.74, 6) is -0.163. The SMILES string of the molecule is COC(=O)CCc1ccc(OS(N)(=O)=O)cc1. The number of nitrogens with two attached hydrogens (primary N) is 1. The molecule has 0 aliphatic rings. The van der Waals surface area contributed by atoms with E-state index in [1.165, 1.54) is 19.2 Å². The highest BCUT2D eigenvalue weighted by molar-refractivity contribution is 7.84. The lowest BCUT2D eigenvalue weighted by Crippen LogP contribution is -2.18. The molecule has 0 amide bonds. The van der Waals surface area contributed by atoms with E-state index in [1.54, 1.807) is 12.1 Å². The molecule has 0 atom stereocenters. The Balaban J connectivity index is 2.59. The molecule has 1 aromatic rings. The van der Waals surface area contributed by atoms with Gasteiger partial charge in [0, 0.05) is 6.42 Å². The molecule has 0 aliphatic carbocycles. The number of rotatable bonds is 5. The fourth-order valence-electron chi connectivity index (χ4n) is 1.19. The van der Waals surface area contributed by atoms with Crippen LogP contribution >= 0.6 is 0 Å². The number of hydrogen-bond donors (Lipinski definition) is 1. The molecule has 1 rings (SSSR count). The van der Waals surface area contributed by atoms with Gasteiger partial charge in [-0.05, 0) is 24.1 Å². The normalized spacial score (nSPS) is 10.9. The third-order valence-electron chi connectivity index (χ3n) is 1.98. The smallest absolute Gasteiger partial charge is 0.380 e. The van der Waals surface area contributed by atoms with Crippen molar-refractivity contribution in [3.63, 3.8) is 0 Å². The van der Waals surface area contributed by atoms with Crippen molar-refractivity contribution in [2.75, 3.05) is 7.11 Å². The number of aryl methyl sites for hydroxylation is 1. The molecular weight excluding hydrogens is 246 g/mol. The zero-order valence-electron chi connectivity index (χ0n) is 9.25. The molecule has 7 heteroatoms. The van der Waals surface area contributed by atoms with Crippen LogP contribution in [-0.4, -0.2) is 21.5 Å². The topological polar surface area (TPSA) is 95.7 Å². The lowest BCUT2D eigenvalue weighted by Gasteiger charge is -2.04. The predicted molar refractivity (Wildman–Crippen MR) is 60.5 cm³/mol. The molecule has 0 heterocycles. The van der Waals surface area contributed by atoms with Crippen molar-refractivity contribution in [1.29, 1.82) is 0 Å². The monoisotopic (exact) mass is 259 g/mol. The predicted octanol–water partition coefficient (Wildman–Crippen LogP) is 0.375. The highest BCUT2D eigenvalue weighted by Crippen LogP contribution is 2.14. The van der Waals surface area contributed by atoms with E-state index >= 15 is 0 Å². The Kier molecular flexibility index (Phi) is 4.47. The number of ether oxygens (including phenoxy) is 1. The molecule has 0 aromatic heterocycles. The average molecular weight is 259 g/mol. The van der Waals surface area contributed by atoms with Gasteiger partial charge in [0.15, 0.2) is 0 Å². The number of carbonyl (C=O) groups excluding carboxylic acids is 1. The Labute approximate surface area is 99.6 Å². The van der Waals surface area contributed by atoms with Gasteiger partial charge in [-0.15, -0.1) is 0 Å². The van der Waals surface area contributed by atoms with Gasteiger partial charge in [-0.3, -0.25) is 4.79 Å². The summed E-state index contributed by atoms with van der Waals surface area (Å²) in [7, 11) is -2.67. The van der Waals surface area contributed by atoms with Crippen molar-refractivity contribution < 1.29 is 22.1 Å². The number of carbonyl (C=O) groups is 1. The average Bonchev–Trinajstić information content (AvgIpc) is 2.25. The molecule has 0 fully saturated rings. The summed E-state index contributed by atoms with van der Waals surface area (Å²) >= 11 is 0. The maximum absolute atomic E-state index is 10.9. The number of benzene rings is 1. The van der Waals surface area contributed by atoms with Gasteiger partial charge in [-0.1, -0.05) is 12.1 Å². The minimum atomic E-state index is -3.99. The fraction of sp³-hybridized carbons (Fsp3) is 0.300. The van der Waals surface area contributed by atoms with Gasteiger partial charge < -0.3 is 8.92 Å². The summed E-state index contributed by atoms with van der Waals surface area (Å²) in [6.45, 7) is 0. The molecular formula is C10H13NO5S. The summed E-state index contributed by atoms with van der Waals surface area (Å²) in [6.07, 6.45) is 0.786. The molecule has 2 N–H and O–H groups in total. The fourth-order valence-corrected chi connectivity index (χ4v) is 1.57. The Morgan fingerprint density at radius 1 is 1.29 bits per heavy atom. The van der Waals surface area contributed by atoms with Crippen LogP contribution in [0.2, 0.25) is 0 Å². The quantitative estimate of drug-likeness (QED) is 0.771. The molecule has 94 valence electrons. The van der Waals surface area contributed by atoms with E-state index in [4.69, 9.17) is 5.14 Å². The van der Waals surface area contributed by atoms with Gasteiger partial charge in [-0.2, -0.15) is 13.6 Å². The van der Waals surface area contributed by atoms with Crippen LogP contribution in [-0.2, 0) is 26.3 Å². The van der Waals surface area contributed by atoms with Crippen molar-refractivity contribution in [3.8, 4) is 5.75 Å². The van der Waals surface area contributed by atoms with Crippen LogP contribution in [0, 0.1) is 0 Å². The van der Waals surface area contributed by atoms with E-state index in [2.05, 4.69) is 8.92 Å². The van der Waals surface area contributed by atoms with E-state index in [1.807, 2.05) is 0 Å². The highest BCUT2D eigenvalue weighted by Gasteiger charge is 2.05. The molecule has 1 aromatic carbocycles. The van der Waals surface area contributed by atoms with Gasteiger partial charge in [-0.25, -0.2) is 0 Å². The first kappa shape index (κ1) is 13.5. The summed E-state index contributed by atoms with van der Waals surface area (Å²) in [4.78, 5) is 10.9. The third kappa shape index (κ3) is 5.32. The summed E-state index contributed by atoms with van der Waals surface area (Å²) in [6, 6.07) is 6.25. The van der Waals surface area contributed by atoms with Crippen molar-refractivity contribution in [2.24, 2.45) is 5.14 Å². The second-order valence-electron chi connectivity index (χ2n) is 3.30. The van der Waals surface area contributed by atoms with Crippen LogP contribution in [0.5, 0.6) is 5.75 Å². The molecule has 0 bridgehead atoms. The van der Waals surface area contributed by atoms with Gasteiger partial charge in [0.05, 0.1) is 7.11 Å². The van der Waals surface area contributed by atoms with Crippen molar-refractivity contribution in [3.05, 3.63) is 29.8 Å². The van der Waals surface area contributed by atoms with Crippen LogP contribution in [0.3, 0.4) is 0 Å². The second kappa shape index (κ2) is 5.65. The molecule has 0 radical (unpaired) electrons. The molecule has 0 unspecified atom stereocenters. The first-order chi connectivity index (χ1) is 7.90. The van der Waals surface area contributed by atoms with Crippen LogP contribution in [0.1, 0.15) is 12.0 Å². The van der Waals surface area contributed by atoms with Crippen molar-refractivity contribution >= 4 is 16.3 Å². The molecule has 0 saturated heterocycles. The Hall–Kier alpha value is -1.60. The molecule has 17 heavy (non-hydrogen) atoms. The summed E-state index contributed by atoms with van der Waals surface area (Å²) in [5, 5.41) is 4.71. The Morgan fingerprint density at radius 3 is 2.35 bits per heavy atom. The zero-order chi connectivity index (χ0) is 12.9. The molecule has 6 nitrogen and oxygen atoms in total. The standard InChI is InChI=1S/C10H13NO5S/c1-15-10(12)7-4-8-2-5-9(6-3-8)16-17(11,13)14/h2-3,5-6H,4,7H2,1H3,(H2,11,13,14). The van der Waals surface area contributed by atoms with Crippen LogP contribution in [0.15, 0.2) is 24.3 Å². The summed E-state index contributed by atoms with van der Waals surface area (Å²) < 4.78 is 30.2. The van der Waals surface area contributed by atoms with E-state index < -0.39 is 10.3 Å². The van der Waals surface area contributed by atoms with Gasteiger partial charge >= 0.3 is 16.3 Å². The highest BCUT2D eigenvalue weighted by atomic mass is 32.2. The lowest BCUT2D eigenvalue weighted by atomic mass is 10.1. The third-order valence-corrected chi connectivity index (χ3v) is 2.41. The number of esters is 1. The zero-order valence-corrected chi connectivity index (χ0v) is 10.1. The number of hydrogen-bond acceptors (Lipinski definition) is 5. The van der Waals surface area contributed by atoms with Crippen LogP contribution in [0.25, 0.3) is 0 Å². The summed E-state index contributed by atoms with van der Waals surface area (Å²) in [5.41, 5.74) is 0.872. The van der Waals surface area contributed by atoms with Crippen LogP contribution < -0.4 is 9.32 Å². The van der Waals surface area contributed by atoms with E-state index in [-0.39, 0.29) is 18.1 Å². The second-order valence-corrected chi connectivity index (χ2v) is 4.45. The first-order valence-corrected chi connectivity index (χ1v) is 6.26. The first-order valence-electron chi connectivity index (χ1n) is 4.78. The van der Waals surface area contributed by atoms with Crippen LogP contribution in [0.4, 0.5) is 0 Å². The molecule has 0 saturated carbocycles. The lowest BCUT2D eigenvalue weighted by molar-refractivity contribution is -0.140. The number of methoxy groups -OCH3 is 1. The van der Waals surface area contributed by atoms with Gasteiger partial charge in [0.1, 0.15) is 5.75 Å². The van der Waals surface area contributed by atoms with E-state index in [0.717, 1.165) is 5.56 Å². The Morgan fingerprint density at radius 2 is 1.88 bits per heavy atom. The van der Waals surface area contributed by atoms with Gasteiger partial charge in [0.25, 0.3) is 0 Å². The van der Waals surface area contributed by atoms with E-state index in [0.29, 0.717) is 6.42 Å². The minimum absolute atomic E-state index is 0.134. The van der Waals surface area contributed by atoms with Gasteiger partial charge in [0.2, 0.25) is 0 Å². The Bertz CT molecular complexity index is 480. The van der Waals surface area contributed by atoms with Crippen molar-refractivity contribution in [2.45, 2.75) is 12.8 Å². The minimum Gasteiger partial charge on any atom is -0.469 e. The van der Waals surface area contributed by atoms with Crippen molar-refractivity contribution in [1.82, 2.24) is 0 Å². The molecule has 0 spiro atoms. The maximum Gasteiger partial charge on any atom is 0.380 e. The molecule has 0 aliphatic heterocycles.